The van der Waals surface area contributed by atoms with Crippen LogP contribution in [0.2, 0.25) is 0 Å². The van der Waals surface area contributed by atoms with Crippen molar-refractivity contribution in [3.8, 4) is 0 Å². The van der Waals surface area contributed by atoms with Gasteiger partial charge in [0.05, 0.1) is 4.90 Å². The molecule has 0 bridgehead atoms. The van der Waals surface area contributed by atoms with Gasteiger partial charge >= 0.3 is 0 Å². The molecule has 4 rings (SSSR count). The Hall–Kier alpha value is -2.16. The third-order valence-corrected chi connectivity index (χ3v) is 7.45. The summed E-state index contributed by atoms with van der Waals surface area (Å²) in [6.07, 6.45) is 1.74. The van der Waals surface area contributed by atoms with Crippen molar-refractivity contribution in [2.24, 2.45) is 5.92 Å². The zero-order chi connectivity index (χ0) is 21.3. The van der Waals surface area contributed by atoms with Gasteiger partial charge in [-0.05, 0) is 56.0 Å². The number of nitrogens with zero attached hydrogens (tertiary/aromatic N) is 1. The topological polar surface area (TPSA) is 82.3 Å². The highest BCUT2D eigenvalue weighted by Gasteiger charge is 2.26. The van der Waals surface area contributed by atoms with Crippen LogP contribution < -0.4 is 4.72 Å². The van der Waals surface area contributed by atoms with E-state index in [4.69, 9.17) is 0 Å². The number of halogens is 1. The summed E-state index contributed by atoms with van der Waals surface area (Å²) in [5.74, 6) is 0.0369. The van der Waals surface area contributed by atoms with E-state index in [-0.39, 0.29) is 16.7 Å². The molecule has 1 amide bonds. The number of hydrogen-bond donors (Lipinski definition) is 2. The van der Waals surface area contributed by atoms with E-state index in [9.17, 15) is 13.2 Å². The number of fused-ring (bicyclic) bond motifs is 1. The molecule has 0 spiro atoms. The summed E-state index contributed by atoms with van der Waals surface area (Å²) in [4.78, 5) is 18.3. The van der Waals surface area contributed by atoms with Crippen molar-refractivity contribution >= 4 is 42.8 Å². The molecule has 1 aliphatic heterocycles. The van der Waals surface area contributed by atoms with Crippen LogP contribution in [0.3, 0.4) is 0 Å². The Balaban J connectivity index is 1.41. The maximum atomic E-state index is 13.0. The Labute approximate surface area is 184 Å². The number of sulfonamides is 1. The summed E-state index contributed by atoms with van der Waals surface area (Å²) in [5, 5.41) is 0.987. The lowest BCUT2D eigenvalue weighted by molar-refractivity contribution is 0.0671. The number of carbonyl (C=O) groups is 1. The quantitative estimate of drug-likeness (QED) is 0.566. The first-order valence-corrected chi connectivity index (χ1v) is 12.2. The number of piperidine rings is 1. The van der Waals surface area contributed by atoms with Crippen LogP contribution >= 0.6 is 15.9 Å². The molecule has 0 aliphatic carbocycles. The van der Waals surface area contributed by atoms with Gasteiger partial charge in [-0.3, -0.25) is 4.79 Å². The second-order valence-corrected chi connectivity index (χ2v) is 10.5. The largest absolute Gasteiger partial charge is 0.350 e. The number of rotatable bonds is 5. The van der Waals surface area contributed by atoms with Gasteiger partial charge in [0.2, 0.25) is 10.0 Å². The molecular formula is C22H24BrN3O3S. The maximum absolute atomic E-state index is 13.0. The zero-order valence-electron chi connectivity index (χ0n) is 16.7. The molecule has 2 heterocycles. The molecule has 1 atom stereocenters. The van der Waals surface area contributed by atoms with Crippen molar-refractivity contribution in [3.63, 3.8) is 0 Å². The van der Waals surface area contributed by atoms with E-state index in [1.54, 1.807) is 24.3 Å². The van der Waals surface area contributed by atoms with Crippen molar-refractivity contribution < 1.29 is 13.2 Å². The van der Waals surface area contributed by atoms with Gasteiger partial charge < -0.3 is 9.88 Å². The molecule has 1 aromatic heterocycles. The Bertz CT molecular complexity index is 1170. The number of hydrogen-bond acceptors (Lipinski definition) is 3. The molecule has 158 valence electrons. The SMILES string of the molecule is Cc1ccc(S(=O)(=O)NCC2CCCN(C(=O)c3cc4ccc(Br)cc4[nH]3)C2)cc1. The molecule has 8 heteroatoms. The molecule has 0 saturated carbocycles. The van der Waals surface area contributed by atoms with Crippen LogP contribution in [0.1, 0.15) is 28.9 Å². The van der Waals surface area contributed by atoms with Crippen LogP contribution in [-0.2, 0) is 10.0 Å². The molecule has 30 heavy (non-hydrogen) atoms. The lowest BCUT2D eigenvalue weighted by atomic mass is 9.98. The molecule has 1 unspecified atom stereocenters. The molecular weight excluding hydrogens is 466 g/mol. The molecule has 3 aromatic rings. The number of amides is 1. The van der Waals surface area contributed by atoms with Gasteiger partial charge in [-0.25, -0.2) is 13.1 Å². The van der Waals surface area contributed by atoms with Crippen LogP contribution in [0.15, 0.2) is 57.9 Å². The zero-order valence-corrected chi connectivity index (χ0v) is 19.1. The number of aromatic nitrogens is 1. The van der Waals surface area contributed by atoms with Gasteiger partial charge in [-0.1, -0.05) is 39.7 Å². The van der Waals surface area contributed by atoms with Crippen molar-refractivity contribution in [1.29, 1.82) is 0 Å². The Morgan fingerprint density at radius 1 is 1.20 bits per heavy atom. The first kappa shape index (κ1) is 21.1. The molecule has 1 fully saturated rings. The minimum atomic E-state index is -3.55. The summed E-state index contributed by atoms with van der Waals surface area (Å²) in [6.45, 7) is 3.45. The number of benzene rings is 2. The first-order valence-electron chi connectivity index (χ1n) is 9.96. The monoisotopic (exact) mass is 489 g/mol. The molecule has 6 nitrogen and oxygen atoms in total. The van der Waals surface area contributed by atoms with Crippen LogP contribution in [0, 0.1) is 12.8 Å². The predicted octanol–water partition coefficient (Wildman–Crippen LogP) is 4.07. The Kier molecular flexibility index (Phi) is 5.99. The van der Waals surface area contributed by atoms with Crippen LogP contribution in [-0.4, -0.2) is 43.8 Å². The normalized spacial score (nSPS) is 17.4. The van der Waals surface area contributed by atoms with Crippen LogP contribution in [0.4, 0.5) is 0 Å². The van der Waals surface area contributed by atoms with Crippen LogP contribution in [0.25, 0.3) is 10.9 Å². The second-order valence-electron chi connectivity index (χ2n) is 7.84. The Morgan fingerprint density at radius 2 is 1.97 bits per heavy atom. The smallest absolute Gasteiger partial charge is 0.270 e. The third kappa shape index (κ3) is 4.61. The third-order valence-electron chi connectivity index (χ3n) is 5.51. The van der Waals surface area contributed by atoms with Crippen molar-refractivity contribution in [2.75, 3.05) is 19.6 Å². The summed E-state index contributed by atoms with van der Waals surface area (Å²) in [5.41, 5.74) is 2.48. The number of nitrogens with one attached hydrogen (secondary N) is 2. The number of aromatic amines is 1. The van der Waals surface area contributed by atoms with Gasteiger partial charge in [0.25, 0.3) is 5.91 Å². The number of likely N-dealkylation sites (tertiary alicyclic amines) is 1. The van der Waals surface area contributed by atoms with Gasteiger partial charge in [-0.15, -0.1) is 0 Å². The fraction of sp³-hybridized carbons (Fsp3) is 0.318. The lowest BCUT2D eigenvalue weighted by Crippen LogP contribution is -2.43. The van der Waals surface area contributed by atoms with E-state index in [0.717, 1.165) is 33.8 Å². The average Bonchev–Trinajstić information content (AvgIpc) is 3.15. The van der Waals surface area contributed by atoms with Crippen LogP contribution in [0.5, 0.6) is 0 Å². The van der Waals surface area contributed by atoms with Gasteiger partial charge in [-0.2, -0.15) is 0 Å². The average molecular weight is 490 g/mol. The standard InChI is InChI=1S/C22H24BrN3O3S/c1-15-4-8-19(9-5-15)30(28,29)24-13-16-3-2-10-26(14-16)22(27)21-11-17-6-7-18(23)12-20(17)25-21/h4-9,11-12,16,24-25H,2-3,10,13-14H2,1H3. The predicted molar refractivity (Wildman–Crippen MR) is 121 cm³/mol. The summed E-state index contributed by atoms with van der Waals surface area (Å²) in [7, 11) is -3.55. The second kappa shape index (κ2) is 8.53. The number of H-pyrrole nitrogens is 1. The summed E-state index contributed by atoms with van der Waals surface area (Å²) in [6, 6.07) is 14.5. The van der Waals surface area contributed by atoms with E-state index in [1.807, 2.05) is 36.1 Å². The van der Waals surface area contributed by atoms with E-state index in [2.05, 4.69) is 25.6 Å². The highest BCUT2D eigenvalue weighted by atomic mass is 79.9. The fourth-order valence-electron chi connectivity index (χ4n) is 3.83. The van der Waals surface area contributed by atoms with Crippen molar-refractivity contribution in [2.45, 2.75) is 24.7 Å². The first-order chi connectivity index (χ1) is 14.3. The number of aryl methyl sites for hydroxylation is 1. The minimum Gasteiger partial charge on any atom is -0.350 e. The fourth-order valence-corrected chi connectivity index (χ4v) is 5.31. The molecule has 2 aromatic carbocycles. The number of carbonyl (C=O) groups excluding carboxylic acids is 1. The van der Waals surface area contributed by atoms with Crippen molar-refractivity contribution in [1.82, 2.24) is 14.6 Å². The van der Waals surface area contributed by atoms with E-state index >= 15 is 0 Å². The van der Waals surface area contributed by atoms with Gasteiger partial charge in [0, 0.05) is 35.0 Å². The minimum absolute atomic E-state index is 0.0478. The van der Waals surface area contributed by atoms with E-state index in [0.29, 0.717) is 25.3 Å². The highest BCUT2D eigenvalue weighted by Crippen LogP contribution is 2.23. The highest BCUT2D eigenvalue weighted by molar-refractivity contribution is 9.10. The van der Waals surface area contributed by atoms with Gasteiger partial charge in [0.1, 0.15) is 5.69 Å². The molecule has 1 saturated heterocycles. The molecule has 1 aliphatic rings. The van der Waals surface area contributed by atoms with Gasteiger partial charge in [0.15, 0.2) is 0 Å². The summed E-state index contributed by atoms with van der Waals surface area (Å²) < 4.78 is 28.8. The van der Waals surface area contributed by atoms with E-state index in [1.165, 1.54) is 0 Å². The van der Waals surface area contributed by atoms with E-state index < -0.39 is 10.0 Å². The Morgan fingerprint density at radius 3 is 2.73 bits per heavy atom. The molecule has 2 N–H and O–H groups in total. The lowest BCUT2D eigenvalue weighted by Gasteiger charge is -2.32. The summed E-state index contributed by atoms with van der Waals surface area (Å²) >= 11 is 3.45. The maximum Gasteiger partial charge on any atom is 0.270 e. The molecule has 0 radical (unpaired) electrons. The van der Waals surface area contributed by atoms with Crippen molar-refractivity contribution in [3.05, 3.63) is 64.3 Å².